The van der Waals surface area contributed by atoms with Crippen LogP contribution >= 0.6 is 0 Å². The number of carboxylic acids is 2. The third kappa shape index (κ3) is 1.71. The van der Waals surface area contributed by atoms with Crippen LogP contribution in [-0.4, -0.2) is 31.7 Å². The van der Waals surface area contributed by atoms with Crippen LogP contribution in [0, 0.1) is 6.92 Å². The molecule has 18 heavy (non-hydrogen) atoms. The highest BCUT2D eigenvalue weighted by Gasteiger charge is 2.19. The molecule has 0 unspecified atom stereocenters. The number of benzene rings is 1. The van der Waals surface area contributed by atoms with Crippen LogP contribution in [0.15, 0.2) is 12.1 Å². The Morgan fingerprint density at radius 3 is 2.28 bits per heavy atom. The lowest BCUT2D eigenvalue weighted by Crippen LogP contribution is -2.08. The van der Waals surface area contributed by atoms with Crippen LogP contribution in [0.25, 0.3) is 11.0 Å². The summed E-state index contributed by atoms with van der Waals surface area (Å²) < 4.78 is 1.84. The van der Waals surface area contributed by atoms with Gasteiger partial charge in [-0.2, -0.15) is 0 Å². The highest BCUT2D eigenvalue weighted by Crippen LogP contribution is 2.21. The fourth-order valence-electron chi connectivity index (χ4n) is 2.04. The maximum atomic E-state index is 11.1. The Hall–Kier alpha value is -2.37. The second-order valence-corrected chi connectivity index (χ2v) is 3.90. The average molecular weight is 248 g/mol. The van der Waals surface area contributed by atoms with Crippen molar-refractivity contribution in [3.05, 3.63) is 29.1 Å². The number of fused-ring (bicyclic) bond motifs is 1. The maximum Gasteiger partial charge on any atom is 0.336 e. The zero-order valence-corrected chi connectivity index (χ0v) is 9.97. The summed E-state index contributed by atoms with van der Waals surface area (Å²) >= 11 is 0. The van der Waals surface area contributed by atoms with Gasteiger partial charge in [-0.05, 0) is 26.0 Å². The lowest BCUT2D eigenvalue weighted by molar-refractivity contribution is 0.0652. The summed E-state index contributed by atoms with van der Waals surface area (Å²) in [6.45, 7) is 4.36. The summed E-state index contributed by atoms with van der Waals surface area (Å²) in [4.78, 5) is 26.4. The first kappa shape index (κ1) is 12.1. The summed E-state index contributed by atoms with van der Waals surface area (Å²) in [6, 6.07) is 2.67. The van der Waals surface area contributed by atoms with Crippen molar-refractivity contribution in [1.82, 2.24) is 9.55 Å². The Kier molecular flexibility index (Phi) is 2.78. The van der Waals surface area contributed by atoms with Crippen molar-refractivity contribution < 1.29 is 19.8 Å². The summed E-state index contributed by atoms with van der Waals surface area (Å²) in [5.74, 6) is -1.79. The molecule has 0 aliphatic heterocycles. The molecule has 6 heteroatoms. The summed E-state index contributed by atoms with van der Waals surface area (Å²) in [6.07, 6.45) is 0. The predicted octanol–water partition coefficient (Wildman–Crippen LogP) is 1.76. The Morgan fingerprint density at radius 1 is 1.22 bits per heavy atom. The van der Waals surface area contributed by atoms with Crippen LogP contribution in [0.3, 0.4) is 0 Å². The lowest BCUT2D eigenvalue weighted by Gasteiger charge is -2.04. The zero-order chi connectivity index (χ0) is 13.4. The summed E-state index contributed by atoms with van der Waals surface area (Å²) in [5.41, 5.74) is 0.675. The van der Waals surface area contributed by atoms with E-state index in [0.29, 0.717) is 17.6 Å². The second-order valence-electron chi connectivity index (χ2n) is 3.90. The molecule has 0 radical (unpaired) electrons. The molecule has 1 aromatic carbocycles. The standard InChI is InChI=1S/C12H12N2O4/c1-3-14-6(2)13-9-4-7(11(15)16)8(12(17)18)5-10(9)14/h4-5H,3H2,1-2H3,(H,15,16)(H,17,18). The van der Waals surface area contributed by atoms with Crippen molar-refractivity contribution in [2.75, 3.05) is 0 Å². The Labute approximate surface area is 102 Å². The minimum atomic E-state index is -1.27. The third-order valence-electron chi connectivity index (χ3n) is 2.86. The van der Waals surface area contributed by atoms with E-state index in [2.05, 4.69) is 4.98 Å². The van der Waals surface area contributed by atoms with Gasteiger partial charge >= 0.3 is 11.9 Å². The maximum absolute atomic E-state index is 11.1. The number of hydrogen-bond donors (Lipinski definition) is 2. The molecule has 6 nitrogen and oxygen atoms in total. The molecule has 2 N–H and O–H groups in total. The molecular formula is C12H12N2O4. The topological polar surface area (TPSA) is 92.4 Å². The van der Waals surface area contributed by atoms with E-state index in [-0.39, 0.29) is 11.1 Å². The van der Waals surface area contributed by atoms with Crippen molar-refractivity contribution in [3.8, 4) is 0 Å². The fourth-order valence-corrected chi connectivity index (χ4v) is 2.04. The van der Waals surface area contributed by atoms with Gasteiger partial charge in [0.05, 0.1) is 22.2 Å². The quantitative estimate of drug-likeness (QED) is 0.863. The van der Waals surface area contributed by atoms with Crippen LogP contribution in [0.5, 0.6) is 0 Å². The van der Waals surface area contributed by atoms with Crippen LogP contribution in [0.4, 0.5) is 0 Å². The number of hydrogen-bond acceptors (Lipinski definition) is 3. The van der Waals surface area contributed by atoms with Gasteiger partial charge in [0, 0.05) is 6.54 Å². The molecule has 2 aromatic rings. The lowest BCUT2D eigenvalue weighted by atomic mass is 10.1. The molecule has 0 spiro atoms. The Balaban J connectivity index is 2.84. The molecule has 94 valence electrons. The van der Waals surface area contributed by atoms with E-state index in [4.69, 9.17) is 10.2 Å². The SMILES string of the molecule is CCn1c(C)nc2cc(C(=O)O)c(C(=O)O)cc21. The molecule has 0 aliphatic rings. The molecule has 1 heterocycles. The molecule has 0 bridgehead atoms. The van der Waals surface area contributed by atoms with E-state index in [1.165, 1.54) is 12.1 Å². The number of rotatable bonds is 3. The number of nitrogens with zero attached hydrogens (tertiary/aromatic N) is 2. The minimum absolute atomic E-state index is 0.218. The fraction of sp³-hybridized carbons (Fsp3) is 0.250. The Bertz CT molecular complexity index is 658. The van der Waals surface area contributed by atoms with Crippen LogP contribution in [0.1, 0.15) is 33.5 Å². The number of imidazole rings is 1. The van der Waals surface area contributed by atoms with Gasteiger partial charge in [0.1, 0.15) is 5.82 Å². The third-order valence-corrected chi connectivity index (χ3v) is 2.86. The number of aromatic carboxylic acids is 2. The van der Waals surface area contributed by atoms with Crippen molar-refractivity contribution in [3.63, 3.8) is 0 Å². The number of carboxylic acid groups (broad SMARTS) is 2. The van der Waals surface area contributed by atoms with Gasteiger partial charge in [0.2, 0.25) is 0 Å². The normalized spacial score (nSPS) is 10.8. The first-order valence-corrected chi connectivity index (χ1v) is 5.43. The molecule has 0 amide bonds. The summed E-state index contributed by atoms with van der Waals surface area (Å²) in [5, 5.41) is 18.1. The number of carbonyl (C=O) groups is 2. The van der Waals surface area contributed by atoms with Crippen LogP contribution in [0.2, 0.25) is 0 Å². The van der Waals surface area contributed by atoms with Crippen molar-refractivity contribution in [1.29, 1.82) is 0 Å². The van der Waals surface area contributed by atoms with E-state index in [9.17, 15) is 9.59 Å². The first-order valence-electron chi connectivity index (χ1n) is 5.43. The zero-order valence-electron chi connectivity index (χ0n) is 9.97. The van der Waals surface area contributed by atoms with Crippen molar-refractivity contribution in [2.45, 2.75) is 20.4 Å². The van der Waals surface area contributed by atoms with Gasteiger partial charge in [-0.3, -0.25) is 0 Å². The number of aryl methyl sites for hydroxylation is 2. The van der Waals surface area contributed by atoms with Crippen molar-refractivity contribution in [2.24, 2.45) is 0 Å². The van der Waals surface area contributed by atoms with E-state index in [1.54, 1.807) is 6.92 Å². The molecule has 0 atom stereocenters. The van der Waals surface area contributed by atoms with E-state index >= 15 is 0 Å². The first-order chi connectivity index (χ1) is 8.45. The molecule has 0 fully saturated rings. The minimum Gasteiger partial charge on any atom is -0.478 e. The molecule has 0 saturated carbocycles. The van der Waals surface area contributed by atoms with Gasteiger partial charge < -0.3 is 14.8 Å². The van der Waals surface area contributed by atoms with Gasteiger partial charge in [-0.1, -0.05) is 0 Å². The van der Waals surface area contributed by atoms with Gasteiger partial charge in [-0.15, -0.1) is 0 Å². The molecule has 0 aliphatic carbocycles. The second kappa shape index (κ2) is 4.14. The van der Waals surface area contributed by atoms with E-state index in [1.807, 2.05) is 11.5 Å². The highest BCUT2D eigenvalue weighted by molar-refractivity contribution is 6.05. The van der Waals surface area contributed by atoms with Crippen LogP contribution in [-0.2, 0) is 6.54 Å². The Morgan fingerprint density at radius 2 is 1.78 bits per heavy atom. The number of aromatic nitrogens is 2. The summed E-state index contributed by atoms with van der Waals surface area (Å²) in [7, 11) is 0. The van der Waals surface area contributed by atoms with Gasteiger partial charge in [-0.25, -0.2) is 14.6 Å². The van der Waals surface area contributed by atoms with E-state index < -0.39 is 11.9 Å². The molecule has 1 aromatic heterocycles. The highest BCUT2D eigenvalue weighted by atomic mass is 16.4. The monoisotopic (exact) mass is 248 g/mol. The molecular weight excluding hydrogens is 236 g/mol. The van der Waals surface area contributed by atoms with Gasteiger partial charge in [0.15, 0.2) is 0 Å². The smallest absolute Gasteiger partial charge is 0.336 e. The largest absolute Gasteiger partial charge is 0.478 e. The molecule has 2 rings (SSSR count). The average Bonchev–Trinajstić information content (AvgIpc) is 2.61. The van der Waals surface area contributed by atoms with Gasteiger partial charge in [0.25, 0.3) is 0 Å². The molecule has 0 saturated heterocycles. The van der Waals surface area contributed by atoms with Crippen LogP contribution < -0.4 is 0 Å². The predicted molar refractivity (Wildman–Crippen MR) is 64.1 cm³/mol. The van der Waals surface area contributed by atoms with E-state index in [0.717, 1.165) is 5.82 Å². The van der Waals surface area contributed by atoms with Crippen molar-refractivity contribution >= 4 is 23.0 Å².